The number of aryl methyl sites for hydroxylation is 2. The van der Waals surface area contributed by atoms with E-state index in [1.54, 1.807) is 0 Å². The first-order valence-electron chi connectivity index (χ1n) is 10.5. The van der Waals surface area contributed by atoms with Crippen LogP contribution >= 0.6 is 0 Å². The van der Waals surface area contributed by atoms with Crippen LogP contribution < -0.4 is 10.9 Å². The summed E-state index contributed by atoms with van der Waals surface area (Å²) in [5.41, 5.74) is 2.81. The number of carbonyl (C=O) groups is 1. The molecule has 28 heavy (non-hydrogen) atoms. The Labute approximate surface area is 166 Å². The number of rotatable bonds is 8. The fraction of sp³-hybridized carbons (Fsp3) is 0.565. The molecule has 0 saturated heterocycles. The third kappa shape index (κ3) is 5.44. The van der Waals surface area contributed by atoms with E-state index >= 15 is 0 Å². The van der Waals surface area contributed by atoms with Crippen molar-refractivity contribution in [1.82, 2.24) is 5.32 Å². The third-order valence-corrected chi connectivity index (χ3v) is 5.59. The van der Waals surface area contributed by atoms with Crippen LogP contribution in [0.25, 0.3) is 11.0 Å². The average Bonchev–Trinajstić information content (AvgIpc) is 2.68. The van der Waals surface area contributed by atoms with Crippen molar-refractivity contribution in [3.8, 4) is 0 Å². The Hall–Kier alpha value is -2.14. The first-order valence-corrected chi connectivity index (χ1v) is 10.5. The van der Waals surface area contributed by atoms with E-state index in [0.717, 1.165) is 22.9 Å². The third-order valence-electron chi connectivity index (χ3n) is 5.59. The molecule has 0 bridgehead atoms. The van der Waals surface area contributed by atoms with Gasteiger partial charge in [-0.3, -0.25) is 4.79 Å². The number of fused-ring (bicyclic) bond motifs is 1. The quantitative estimate of drug-likeness (QED) is 0.546. The second kappa shape index (κ2) is 9.87. The van der Waals surface area contributed by atoms with Crippen LogP contribution in [0.15, 0.2) is 27.4 Å². The van der Waals surface area contributed by atoms with Crippen molar-refractivity contribution in [2.45, 2.75) is 71.3 Å². The van der Waals surface area contributed by atoms with Crippen molar-refractivity contribution in [3.63, 3.8) is 0 Å². The topological polar surface area (TPSA) is 68.5 Å². The van der Waals surface area contributed by atoms with Gasteiger partial charge in [0.2, 0.25) is 5.91 Å². The Kier molecular flexibility index (Phi) is 7.26. The fourth-order valence-corrected chi connectivity index (χ4v) is 3.90. The SMILES string of the molecule is Cc1ccc2c(C)c(CCC(=O)NCCCOC3CCCCC3)c(=O)oc2c1. The monoisotopic (exact) mass is 385 g/mol. The predicted octanol–water partition coefficient (Wildman–Crippen LogP) is 4.20. The number of benzene rings is 1. The maximum absolute atomic E-state index is 12.3. The molecule has 1 fully saturated rings. The molecule has 0 spiro atoms. The molecule has 1 heterocycles. The van der Waals surface area contributed by atoms with Crippen LogP contribution in [0.3, 0.4) is 0 Å². The molecule has 3 rings (SSSR count). The smallest absolute Gasteiger partial charge is 0.339 e. The fourth-order valence-electron chi connectivity index (χ4n) is 3.90. The van der Waals surface area contributed by atoms with Gasteiger partial charge in [0.1, 0.15) is 5.58 Å². The summed E-state index contributed by atoms with van der Waals surface area (Å²) in [4.78, 5) is 24.4. The minimum absolute atomic E-state index is 0.0412. The van der Waals surface area contributed by atoms with Crippen LogP contribution in [-0.4, -0.2) is 25.2 Å². The molecule has 5 nitrogen and oxygen atoms in total. The van der Waals surface area contributed by atoms with Crippen molar-refractivity contribution in [1.29, 1.82) is 0 Å². The van der Waals surface area contributed by atoms with Gasteiger partial charge in [0.05, 0.1) is 6.10 Å². The highest BCUT2D eigenvalue weighted by Crippen LogP contribution is 2.21. The molecule has 0 atom stereocenters. The lowest BCUT2D eigenvalue weighted by atomic mass is 9.98. The van der Waals surface area contributed by atoms with Crippen molar-refractivity contribution in [2.75, 3.05) is 13.2 Å². The van der Waals surface area contributed by atoms with E-state index in [9.17, 15) is 9.59 Å². The second-order valence-electron chi connectivity index (χ2n) is 7.83. The number of nitrogens with one attached hydrogen (secondary N) is 1. The summed E-state index contributed by atoms with van der Waals surface area (Å²) in [5.74, 6) is -0.0412. The highest BCUT2D eigenvalue weighted by atomic mass is 16.5. The Morgan fingerprint density at radius 3 is 2.79 bits per heavy atom. The van der Waals surface area contributed by atoms with E-state index in [2.05, 4.69) is 5.32 Å². The molecule has 1 aromatic heterocycles. The van der Waals surface area contributed by atoms with Gasteiger partial charge in [0, 0.05) is 30.5 Å². The summed E-state index contributed by atoms with van der Waals surface area (Å²) in [7, 11) is 0. The van der Waals surface area contributed by atoms with E-state index in [1.165, 1.54) is 32.1 Å². The number of hydrogen-bond donors (Lipinski definition) is 1. The molecule has 152 valence electrons. The Morgan fingerprint density at radius 1 is 1.21 bits per heavy atom. The summed E-state index contributed by atoms with van der Waals surface area (Å²) in [6, 6.07) is 5.84. The van der Waals surface area contributed by atoms with Crippen molar-refractivity contribution in [3.05, 3.63) is 45.3 Å². The Morgan fingerprint density at radius 2 is 2.00 bits per heavy atom. The average molecular weight is 386 g/mol. The highest BCUT2D eigenvalue weighted by Gasteiger charge is 2.14. The molecule has 0 aliphatic heterocycles. The number of ether oxygens (including phenoxy) is 1. The minimum Gasteiger partial charge on any atom is -0.423 e. The molecule has 1 amide bonds. The van der Waals surface area contributed by atoms with Gasteiger partial charge in [-0.05, 0) is 56.7 Å². The lowest BCUT2D eigenvalue weighted by Crippen LogP contribution is -2.27. The molecule has 0 unspecified atom stereocenters. The van der Waals surface area contributed by atoms with Gasteiger partial charge in [-0.15, -0.1) is 0 Å². The highest BCUT2D eigenvalue weighted by molar-refractivity contribution is 5.82. The number of hydrogen-bond acceptors (Lipinski definition) is 4. The second-order valence-corrected chi connectivity index (χ2v) is 7.83. The zero-order valence-electron chi connectivity index (χ0n) is 17.0. The van der Waals surface area contributed by atoms with E-state index in [0.29, 0.717) is 36.8 Å². The normalized spacial score (nSPS) is 15.1. The van der Waals surface area contributed by atoms with Crippen LogP contribution in [0.4, 0.5) is 0 Å². The van der Waals surface area contributed by atoms with E-state index in [1.807, 2.05) is 32.0 Å². The molecule has 1 aliphatic rings. The lowest BCUT2D eigenvalue weighted by molar-refractivity contribution is -0.121. The standard InChI is InChI=1S/C23H31NO4/c1-16-9-10-19-17(2)20(23(26)28-21(19)15-16)11-12-22(25)24-13-6-14-27-18-7-4-3-5-8-18/h9-10,15,18H,3-8,11-14H2,1-2H3,(H,24,25). The van der Waals surface area contributed by atoms with E-state index in [-0.39, 0.29) is 18.0 Å². The minimum atomic E-state index is -0.343. The van der Waals surface area contributed by atoms with Crippen LogP contribution in [0, 0.1) is 13.8 Å². The number of amides is 1. The zero-order valence-corrected chi connectivity index (χ0v) is 17.0. The summed E-state index contributed by atoms with van der Waals surface area (Å²) in [5, 5.41) is 3.85. The molecule has 5 heteroatoms. The molecule has 1 aromatic carbocycles. The Balaban J connectivity index is 1.44. The van der Waals surface area contributed by atoms with Gasteiger partial charge in [-0.2, -0.15) is 0 Å². The van der Waals surface area contributed by atoms with E-state index in [4.69, 9.17) is 9.15 Å². The molecule has 1 N–H and O–H groups in total. The van der Waals surface area contributed by atoms with E-state index < -0.39 is 0 Å². The van der Waals surface area contributed by atoms with Crippen LogP contribution in [0.1, 0.15) is 61.6 Å². The first-order chi connectivity index (χ1) is 13.5. The lowest BCUT2D eigenvalue weighted by Gasteiger charge is -2.21. The van der Waals surface area contributed by atoms with Gasteiger partial charge in [-0.25, -0.2) is 4.79 Å². The van der Waals surface area contributed by atoms with Gasteiger partial charge in [0.15, 0.2) is 0 Å². The molecule has 1 aliphatic carbocycles. The molecular weight excluding hydrogens is 354 g/mol. The Bertz CT molecular complexity index is 865. The maximum Gasteiger partial charge on any atom is 0.339 e. The van der Waals surface area contributed by atoms with Crippen LogP contribution in [0.5, 0.6) is 0 Å². The largest absolute Gasteiger partial charge is 0.423 e. The van der Waals surface area contributed by atoms with Crippen molar-refractivity contribution in [2.24, 2.45) is 0 Å². The molecular formula is C23H31NO4. The maximum atomic E-state index is 12.3. The van der Waals surface area contributed by atoms with Crippen LogP contribution in [0.2, 0.25) is 0 Å². The summed E-state index contributed by atoms with van der Waals surface area (Å²) < 4.78 is 11.3. The van der Waals surface area contributed by atoms with Crippen molar-refractivity contribution < 1.29 is 13.9 Å². The predicted molar refractivity (Wildman–Crippen MR) is 111 cm³/mol. The first kappa shape index (κ1) is 20.6. The zero-order chi connectivity index (χ0) is 19.9. The summed E-state index contributed by atoms with van der Waals surface area (Å²) in [6.45, 7) is 5.19. The van der Waals surface area contributed by atoms with Gasteiger partial charge < -0.3 is 14.5 Å². The van der Waals surface area contributed by atoms with Gasteiger partial charge in [-0.1, -0.05) is 31.4 Å². The number of carbonyl (C=O) groups excluding carboxylic acids is 1. The summed E-state index contributed by atoms with van der Waals surface area (Å²) in [6.07, 6.45) is 8.09. The van der Waals surface area contributed by atoms with Gasteiger partial charge in [0.25, 0.3) is 0 Å². The van der Waals surface area contributed by atoms with Gasteiger partial charge >= 0.3 is 5.63 Å². The molecule has 2 aromatic rings. The molecule has 1 saturated carbocycles. The molecule has 0 radical (unpaired) electrons. The van der Waals surface area contributed by atoms with Crippen molar-refractivity contribution >= 4 is 16.9 Å². The summed E-state index contributed by atoms with van der Waals surface area (Å²) >= 11 is 0. The van der Waals surface area contributed by atoms with Crippen LogP contribution in [-0.2, 0) is 16.0 Å².